The largest absolute Gasteiger partial charge is 0.309 e. The fraction of sp³-hybridized carbons (Fsp3) is 0.706. The molecule has 4 heteroatoms. The molecular formula is C17H28Br2N2. The molecule has 0 amide bonds. The molecule has 0 saturated carbocycles. The van der Waals surface area contributed by atoms with Crippen LogP contribution in [0.25, 0.3) is 0 Å². The Morgan fingerprint density at radius 3 is 2.52 bits per heavy atom. The van der Waals surface area contributed by atoms with Crippen LogP contribution in [0.3, 0.4) is 0 Å². The van der Waals surface area contributed by atoms with Gasteiger partial charge < -0.3 is 5.32 Å². The third-order valence-corrected chi connectivity index (χ3v) is 4.99. The van der Waals surface area contributed by atoms with Crippen molar-refractivity contribution >= 4 is 31.9 Å². The lowest BCUT2D eigenvalue weighted by atomic mass is 9.90. The minimum atomic E-state index is 0.342. The van der Waals surface area contributed by atoms with Gasteiger partial charge in [-0.2, -0.15) is 0 Å². The molecule has 2 atom stereocenters. The van der Waals surface area contributed by atoms with Gasteiger partial charge in [0.25, 0.3) is 0 Å². The maximum atomic E-state index is 4.64. The number of aromatic nitrogens is 1. The minimum Gasteiger partial charge on any atom is -0.309 e. The molecule has 1 rings (SSSR count). The van der Waals surface area contributed by atoms with Gasteiger partial charge in [0.1, 0.15) is 0 Å². The molecule has 1 aromatic rings. The molecule has 0 saturated heterocycles. The lowest BCUT2D eigenvalue weighted by molar-refractivity contribution is 0.349. The van der Waals surface area contributed by atoms with Crippen LogP contribution in [-0.4, -0.2) is 11.5 Å². The van der Waals surface area contributed by atoms with Gasteiger partial charge in [0, 0.05) is 15.1 Å². The maximum absolute atomic E-state index is 4.64. The van der Waals surface area contributed by atoms with Crippen molar-refractivity contribution in [1.29, 1.82) is 0 Å². The maximum Gasteiger partial charge on any atom is 0.0715 e. The van der Waals surface area contributed by atoms with Crippen molar-refractivity contribution < 1.29 is 0 Å². The molecule has 0 aromatic carbocycles. The van der Waals surface area contributed by atoms with E-state index in [-0.39, 0.29) is 0 Å². The minimum absolute atomic E-state index is 0.342. The first kappa shape index (κ1) is 19.1. The summed E-state index contributed by atoms with van der Waals surface area (Å²) in [7, 11) is 0. The summed E-state index contributed by atoms with van der Waals surface area (Å²) in [4.78, 5) is 4.64. The normalized spacial score (nSPS) is 14.1. The van der Waals surface area contributed by atoms with E-state index >= 15 is 0 Å². The molecule has 120 valence electrons. The van der Waals surface area contributed by atoms with Crippen LogP contribution in [0.5, 0.6) is 0 Å². The van der Waals surface area contributed by atoms with E-state index in [1.807, 2.05) is 6.20 Å². The number of unbranched alkanes of at least 4 members (excludes halogenated alkanes) is 1. The Kier molecular flexibility index (Phi) is 9.78. The first-order chi connectivity index (χ1) is 10.1. The molecule has 0 radical (unpaired) electrons. The zero-order valence-corrected chi connectivity index (χ0v) is 16.6. The van der Waals surface area contributed by atoms with Crippen LogP contribution < -0.4 is 5.32 Å². The number of rotatable bonds is 10. The van der Waals surface area contributed by atoms with E-state index in [9.17, 15) is 0 Å². The topological polar surface area (TPSA) is 24.9 Å². The number of hydrogen-bond acceptors (Lipinski definition) is 2. The molecule has 1 heterocycles. The quantitative estimate of drug-likeness (QED) is 0.484. The number of pyridine rings is 1. The third kappa shape index (κ3) is 6.79. The van der Waals surface area contributed by atoms with Crippen LogP contribution in [0.2, 0.25) is 0 Å². The Hall–Kier alpha value is 0.0700. The standard InChI is InChI=1S/C17H28Br2N2/c1-4-7-8-13(6-3)10-16(20-9-5-2)17-15(19)11-14(18)12-21-17/h11-13,16,20H,4-10H2,1-3H3. The van der Waals surface area contributed by atoms with Gasteiger partial charge in [0.15, 0.2) is 0 Å². The second-order valence-electron chi connectivity index (χ2n) is 5.68. The van der Waals surface area contributed by atoms with Crippen LogP contribution in [0.15, 0.2) is 21.2 Å². The zero-order valence-electron chi connectivity index (χ0n) is 13.5. The van der Waals surface area contributed by atoms with E-state index < -0.39 is 0 Å². The fourth-order valence-corrected chi connectivity index (χ4v) is 3.87. The van der Waals surface area contributed by atoms with Gasteiger partial charge in [0.2, 0.25) is 0 Å². The van der Waals surface area contributed by atoms with Crippen molar-refractivity contribution in [2.75, 3.05) is 6.54 Å². The SMILES string of the molecule is CCCCC(CC)CC(NCCC)c1ncc(Br)cc1Br. The Morgan fingerprint density at radius 1 is 1.19 bits per heavy atom. The highest BCUT2D eigenvalue weighted by atomic mass is 79.9. The third-order valence-electron chi connectivity index (χ3n) is 3.92. The van der Waals surface area contributed by atoms with Gasteiger partial charge in [-0.25, -0.2) is 0 Å². The van der Waals surface area contributed by atoms with E-state index in [1.54, 1.807) is 0 Å². The van der Waals surface area contributed by atoms with Gasteiger partial charge in [-0.05, 0) is 63.2 Å². The summed E-state index contributed by atoms with van der Waals surface area (Å²) in [5.41, 5.74) is 1.14. The molecule has 0 aliphatic rings. The average Bonchev–Trinajstić information content (AvgIpc) is 2.47. The smallest absolute Gasteiger partial charge is 0.0715 e. The molecule has 0 aliphatic heterocycles. The second kappa shape index (κ2) is 10.7. The Balaban J connectivity index is 2.83. The predicted octanol–water partition coefficient (Wildman–Crippen LogP) is 6.25. The van der Waals surface area contributed by atoms with Gasteiger partial charge >= 0.3 is 0 Å². The molecule has 0 fully saturated rings. The molecule has 1 N–H and O–H groups in total. The summed E-state index contributed by atoms with van der Waals surface area (Å²) in [5, 5.41) is 3.68. The summed E-state index contributed by atoms with van der Waals surface area (Å²) < 4.78 is 2.11. The Bertz CT molecular complexity index is 410. The number of halogens is 2. The summed E-state index contributed by atoms with van der Waals surface area (Å²) >= 11 is 7.16. The molecule has 0 bridgehead atoms. The van der Waals surface area contributed by atoms with Gasteiger partial charge in [-0.3, -0.25) is 4.98 Å². The van der Waals surface area contributed by atoms with E-state index in [4.69, 9.17) is 0 Å². The van der Waals surface area contributed by atoms with E-state index in [2.05, 4.69) is 69.0 Å². The number of nitrogens with one attached hydrogen (secondary N) is 1. The van der Waals surface area contributed by atoms with Crippen molar-refractivity contribution in [2.45, 2.75) is 65.3 Å². The average molecular weight is 420 g/mol. The monoisotopic (exact) mass is 418 g/mol. The summed E-state index contributed by atoms with van der Waals surface area (Å²) in [6.45, 7) is 7.83. The van der Waals surface area contributed by atoms with Crippen molar-refractivity contribution in [3.8, 4) is 0 Å². The van der Waals surface area contributed by atoms with E-state index in [0.717, 1.165) is 33.5 Å². The lowest BCUT2D eigenvalue weighted by Gasteiger charge is -2.24. The highest BCUT2D eigenvalue weighted by Gasteiger charge is 2.20. The molecule has 2 unspecified atom stereocenters. The van der Waals surface area contributed by atoms with Crippen molar-refractivity contribution in [1.82, 2.24) is 10.3 Å². The van der Waals surface area contributed by atoms with Crippen LogP contribution >= 0.6 is 31.9 Å². The first-order valence-corrected chi connectivity index (χ1v) is 9.75. The summed E-state index contributed by atoms with van der Waals surface area (Å²) in [5.74, 6) is 0.775. The highest BCUT2D eigenvalue weighted by Crippen LogP contribution is 2.31. The number of hydrogen-bond donors (Lipinski definition) is 1. The van der Waals surface area contributed by atoms with E-state index in [0.29, 0.717) is 6.04 Å². The van der Waals surface area contributed by atoms with Gasteiger partial charge in [0.05, 0.1) is 11.7 Å². The molecule has 1 aromatic heterocycles. The first-order valence-electron chi connectivity index (χ1n) is 8.16. The summed E-state index contributed by atoms with van der Waals surface area (Å²) in [6, 6.07) is 2.44. The van der Waals surface area contributed by atoms with Crippen LogP contribution in [0, 0.1) is 5.92 Å². The second-order valence-corrected chi connectivity index (χ2v) is 7.45. The van der Waals surface area contributed by atoms with Crippen molar-refractivity contribution in [3.63, 3.8) is 0 Å². The molecular weight excluding hydrogens is 392 g/mol. The highest BCUT2D eigenvalue weighted by molar-refractivity contribution is 9.11. The van der Waals surface area contributed by atoms with Gasteiger partial charge in [-0.1, -0.05) is 46.5 Å². The molecule has 0 aliphatic carbocycles. The molecule has 2 nitrogen and oxygen atoms in total. The van der Waals surface area contributed by atoms with Crippen molar-refractivity contribution in [3.05, 3.63) is 26.9 Å². The van der Waals surface area contributed by atoms with Gasteiger partial charge in [-0.15, -0.1) is 0 Å². The Morgan fingerprint density at radius 2 is 1.95 bits per heavy atom. The molecule has 0 spiro atoms. The van der Waals surface area contributed by atoms with Crippen LogP contribution in [-0.2, 0) is 0 Å². The zero-order chi connectivity index (χ0) is 15.7. The fourth-order valence-electron chi connectivity index (χ4n) is 2.61. The predicted molar refractivity (Wildman–Crippen MR) is 98.6 cm³/mol. The van der Waals surface area contributed by atoms with Crippen molar-refractivity contribution in [2.24, 2.45) is 5.92 Å². The van der Waals surface area contributed by atoms with Crippen LogP contribution in [0.1, 0.15) is 71.0 Å². The summed E-state index contributed by atoms with van der Waals surface area (Å²) in [6.07, 6.45) is 9.40. The molecule has 21 heavy (non-hydrogen) atoms. The number of nitrogens with zero attached hydrogens (tertiary/aromatic N) is 1. The van der Waals surface area contributed by atoms with Crippen LogP contribution in [0.4, 0.5) is 0 Å². The Labute approximate surface area is 146 Å². The van der Waals surface area contributed by atoms with E-state index in [1.165, 1.54) is 32.1 Å². The lowest BCUT2D eigenvalue weighted by Crippen LogP contribution is -2.25.